The summed E-state index contributed by atoms with van der Waals surface area (Å²) < 4.78 is 10.9. The smallest absolute Gasteiger partial charge is 0.253 e. The third kappa shape index (κ3) is 5.48. The predicted molar refractivity (Wildman–Crippen MR) is 97.9 cm³/mol. The number of ether oxygens (including phenoxy) is 2. The SMILES string of the molecule is COc1cccc(COc2ccc(C(=O)NC(C)C(C)(C)C)cn2)c1. The Bertz CT molecular complexity index is 706. The van der Waals surface area contributed by atoms with E-state index in [1.54, 1.807) is 19.2 Å². The molecule has 1 heterocycles. The first-order valence-electron chi connectivity index (χ1n) is 8.32. The van der Waals surface area contributed by atoms with E-state index in [1.165, 1.54) is 6.20 Å². The third-order valence-corrected chi connectivity index (χ3v) is 4.17. The first-order chi connectivity index (χ1) is 11.8. The van der Waals surface area contributed by atoms with E-state index < -0.39 is 0 Å². The zero-order valence-corrected chi connectivity index (χ0v) is 15.5. The summed E-state index contributed by atoms with van der Waals surface area (Å²) in [5.41, 5.74) is 1.51. The predicted octanol–water partition coefficient (Wildman–Crippen LogP) is 3.83. The Labute approximate surface area is 149 Å². The summed E-state index contributed by atoms with van der Waals surface area (Å²) in [4.78, 5) is 16.5. The number of carbonyl (C=O) groups excluding carboxylic acids is 1. The number of nitrogens with one attached hydrogen (secondary N) is 1. The van der Waals surface area contributed by atoms with E-state index >= 15 is 0 Å². The van der Waals surface area contributed by atoms with Crippen LogP contribution in [0.15, 0.2) is 42.6 Å². The van der Waals surface area contributed by atoms with Gasteiger partial charge < -0.3 is 14.8 Å². The topological polar surface area (TPSA) is 60.5 Å². The lowest BCUT2D eigenvalue weighted by Crippen LogP contribution is -2.41. The number of benzene rings is 1. The van der Waals surface area contributed by atoms with Crippen LogP contribution in [0.25, 0.3) is 0 Å². The molecule has 0 bridgehead atoms. The van der Waals surface area contributed by atoms with Gasteiger partial charge >= 0.3 is 0 Å². The summed E-state index contributed by atoms with van der Waals surface area (Å²) in [5.74, 6) is 1.13. The van der Waals surface area contributed by atoms with Crippen LogP contribution < -0.4 is 14.8 Å². The fourth-order valence-electron chi connectivity index (χ4n) is 2.02. The summed E-state index contributed by atoms with van der Waals surface area (Å²) in [6, 6.07) is 11.1. The van der Waals surface area contributed by atoms with Crippen molar-refractivity contribution in [2.75, 3.05) is 7.11 Å². The van der Waals surface area contributed by atoms with Gasteiger partial charge in [0.2, 0.25) is 5.88 Å². The van der Waals surface area contributed by atoms with Crippen molar-refractivity contribution >= 4 is 5.91 Å². The minimum absolute atomic E-state index is 0.00286. The van der Waals surface area contributed by atoms with Crippen LogP contribution in [-0.2, 0) is 6.61 Å². The van der Waals surface area contributed by atoms with Gasteiger partial charge in [0.25, 0.3) is 5.91 Å². The van der Waals surface area contributed by atoms with Gasteiger partial charge in [-0.15, -0.1) is 0 Å². The van der Waals surface area contributed by atoms with Crippen molar-refractivity contribution in [3.05, 3.63) is 53.7 Å². The molecule has 0 aliphatic heterocycles. The van der Waals surface area contributed by atoms with Crippen LogP contribution in [0.2, 0.25) is 0 Å². The fourth-order valence-corrected chi connectivity index (χ4v) is 2.02. The van der Waals surface area contributed by atoms with Crippen molar-refractivity contribution in [1.82, 2.24) is 10.3 Å². The molecule has 0 radical (unpaired) electrons. The molecule has 134 valence electrons. The van der Waals surface area contributed by atoms with Gasteiger partial charge in [-0.3, -0.25) is 4.79 Å². The lowest BCUT2D eigenvalue weighted by molar-refractivity contribution is 0.0909. The molecule has 0 saturated carbocycles. The van der Waals surface area contributed by atoms with E-state index in [1.807, 2.05) is 31.2 Å². The van der Waals surface area contributed by atoms with Crippen LogP contribution in [0.1, 0.15) is 43.6 Å². The molecule has 1 amide bonds. The van der Waals surface area contributed by atoms with Gasteiger partial charge in [0.15, 0.2) is 0 Å². The Hall–Kier alpha value is -2.56. The second-order valence-corrected chi connectivity index (χ2v) is 7.09. The molecular weight excluding hydrogens is 316 g/mol. The van der Waals surface area contributed by atoms with E-state index in [9.17, 15) is 4.79 Å². The van der Waals surface area contributed by atoms with Gasteiger partial charge in [0, 0.05) is 18.3 Å². The molecule has 0 saturated heterocycles. The lowest BCUT2D eigenvalue weighted by Gasteiger charge is -2.28. The van der Waals surface area contributed by atoms with Gasteiger partial charge in [0.05, 0.1) is 12.7 Å². The van der Waals surface area contributed by atoms with Crippen LogP contribution in [0, 0.1) is 5.41 Å². The molecule has 2 rings (SSSR count). The largest absolute Gasteiger partial charge is 0.497 e. The molecule has 5 nitrogen and oxygen atoms in total. The fraction of sp³-hybridized carbons (Fsp3) is 0.400. The van der Waals surface area contributed by atoms with Gasteiger partial charge in [-0.05, 0) is 36.1 Å². The normalized spacial score (nSPS) is 12.4. The van der Waals surface area contributed by atoms with E-state index in [-0.39, 0.29) is 17.4 Å². The van der Waals surface area contributed by atoms with E-state index in [2.05, 4.69) is 31.1 Å². The van der Waals surface area contributed by atoms with Crippen molar-refractivity contribution in [2.45, 2.75) is 40.3 Å². The lowest BCUT2D eigenvalue weighted by atomic mass is 9.88. The van der Waals surface area contributed by atoms with Gasteiger partial charge in [-0.1, -0.05) is 32.9 Å². The number of carbonyl (C=O) groups is 1. The van der Waals surface area contributed by atoms with Crippen molar-refractivity contribution in [2.24, 2.45) is 5.41 Å². The van der Waals surface area contributed by atoms with Crippen LogP contribution in [0.5, 0.6) is 11.6 Å². The number of hydrogen-bond donors (Lipinski definition) is 1. The van der Waals surface area contributed by atoms with Gasteiger partial charge in [-0.2, -0.15) is 0 Å². The summed E-state index contributed by atoms with van der Waals surface area (Å²) >= 11 is 0. The zero-order chi connectivity index (χ0) is 18.4. The summed E-state index contributed by atoms with van der Waals surface area (Å²) in [5, 5.41) is 2.99. The Balaban J connectivity index is 1.94. The molecule has 0 aliphatic rings. The minimum Gasteiger partial charge on any atom is -0.497 e. The van der Waals surface area contributed by atoms with Gasteiger partial charge in [-0.25, -0.2) is 4.98 Å². The Morgan fingerprint density at radius 3 is 2.60 bits per heavy atom. The summed E-state index contributed by atoms with van der Waals surface area (Å²) in [6.07, 6.45) is 1.53. The number of hydrogen-bond acceptors (Lipinski definition) is 4. The Morgan fingerprint density at radius 1 is 1.24 bits per heavy atom. The quantitative estimate of drug-likeness (QED) is 0.866. The molecule has 2 aromatic rings. The molecule has 25 heavy (non-hydrogen) atoms. The molecule has 0 spiro atoms. The first-order valence-corrected chi connectivity index (χ1v) is 8.32. The molecule has 1 atom stereocenters. The van der Waals surface area contributed by atoms with Crippen LogP contribution >= 0.6 is 0 Å². The first kappa shape index (κ1) is 18.8. The van der Waals surface area contributed by atoms with Gasteiger partial charge in [0.1, 0.15) is 12.4 Å². The van der Waals surface area contributed by atoms with Crippen molar-refractivity contribution in [3.63, 3.8) is 0 Å². The maximum absolute atomic E-state index is 12.3. The number of rotatable bonds is 6. The van der Waals surface area contributed by atoms with Crippen LogP contribution in [0.3, 0.4) is 0 Å². The Kier molecular flexibility index (Phi) is 6.02. The highest BCUT2D eigenvalue weighted by atomic mass is 16.5. The minimum atomic E-state index is -0.130. The zero-order valence-electron chi connectivity index (χ0n) is 15.5. The van der Waals surface area contributed by atoms with E-state index in [0.29, 0.717) is 18.1 Å². The summed E-state index contributed by atoms with van der Waals surface area (Å²) in [7, 11) is 1.63. The second-order valence-electron chi connectivity index (χ2n) is 7.09. The maximum atomic E-state index is 12.3. The number of pyridine rings is 1. The molecule has 1 unspecified atom stereocenters. The number of methoxy groups -OCH3 is 1. The molecular formula is C20H26N2O3. The third-order valence-electron chi connectivity index (χ3n) is 4.17. The molecule has 1 aromatic carbocycles. The van der Waals surface area contributed by atoms with Crippen molar-refractivity contribution < 1.29 is 14.3 Å². The monoisotopic (exact) mass is 342 g/mol. The molecule has 1 aromatic heterocycles. The standard InChI is InChI=1S/C20H26N2O3/c1-14(20(2,3)4)22-19(23)16-9-10-18(21-12-16)25-13-15-7-6-8-17(11-15)24-5/h6-12,14H,13H2,1-5H3,(H,22,23). The molecule has 0 aliphatic carbocycles. The average molecular weight is 342 g/mol. The molecule has 1 N–H and O–H groups in total. The van der Waals surface area contributed by atoms with Crippen LogP contribution in [-0.4, -0.2) is 24.0 Å². The highest BCUT2D eigenvalue weighted by Crippen LogP contribution is 2.19. The Morgan fingerprint density at radius 2 is 2.00 bits per heavy atom. The van der Waals surface area contributed by atoms with Crippen molar-refractivity contribution in [3.8, 4) is 11.6 Å². The van der Waals surface area contributed by atoms with Crippen LogP contribution in [0.4, 0.5) is 0 Å². The van der Waals surface area contributed by atoms with Crippen molar-refractivity contribution in [1.29, 1.82) is 0 Å². The second kappa shape index (κ2) is 8.01. The van der Waals surface area contributed by atoms with E-state index in [4.69, 9.17) is 9.47 Å². The van der Waals surface area contributed by atoms with E-state index in [0.717, 1.165) is 11.3 Å². The number of amides is 1. The summed E-state index contributed by atoms with van der Waals surface area (Å²) in [6.45, 7) is 8.65. The average Bonchev–Trinajstić information content (AvgIpc) is 2.59. The number of aromatic nitrogens is 1. The molecule has 0 fully saturated rings. The maximum Gasteiger partial charge on any atom is 0.253 e. The molecule has 5 heteroatoms. The highest BCUT2D eigenvalue weighted by molar-refractivity contribution is 5.94. The highest BCUT2D eigenvalue weighted by Gasteiger charge is 2.22. The number of nitrogens with zero attached hydrogens (tertiary/aromatic N) is 1.